The monoisotopic (exact) mass is 1090 g/mol. The number of likely N-dealkylation sites (N-methyl/N-ethyl adjacent to an activating group) is 2. The fourth-order valence-corrected chi connectivity index (χ4v) is 11.3. The summed E-state index contributed by atoms with van der Waals surface area (Å²) >= 11 is 0. The van der Waals surface area contributed by atoms with E-state index in [1.54, 1.807) is 41.5 Å². The minimum Gasteiger partial charge on any atom is -0.459 e. The predicted molar refractivity (Wildman–Crippen MR) is 263 cm³/mol. The summed E-state index contributed by atoms with van der Waals surface area (Å²) in [5, 5.41) is 135. The first kappa shape index (κ1) is 66.1. The molecule has 0 radical (unpaired) electrons. The van der Waals surface area contributed by atoms with Crippen molar-refractivity contribution >= 4 is 5.97 Å². The van der Waals surface area contributed by atoms with Crippen molar-refractivity contribution < 1.29 is 114 Å². The van der Waals surface area contributed by atoms with Gasteiger partial charge in [-0.05, 0) is 94.8 Å². The second-order valence-corrected chi connectivity index (χ2v) is 22.7. The minimum atomic E-state index is -1.80. The second-order valence-electron chi connectivity index (χ2n) is 22.7. The smallest absolute Gasteiger partial charge is 0.311 e. The van der Waals surface area contributed by atoms with Gasteiger partial charge >= 0.3 is 5.97 Å². The van der Waals surface area contributed by atoms with Gasteiger partial charge in [0.05, 0.1) is 54.7 Å². The van der Waals surface area contributed by atoms with Crippen LogP contribution in [0.15, 0.2) is 0 Å². The van der Waals surface area contributed by atoms with Gasteiger partial charge in [0.2, 0.25) is 0 Å². The molecule has 5 fully saturated rings. The van der Waals surface area contributed by atoms with Crippen LogP contribution < -0.4 is 0 Å². The van der Waals surface area contributed by atoms with Crippen molar-refractivity contribution in [2.75, 3.05) is 48.0 Å². The van der Waals surface area contributed by atoms with Gasteiger partial charge in [-0.3, -0.25) is 4.79 Å². The molecule has 0 amide bonds. The van der Waals surface area contributed by atoms with Gasteiger partial charge in [-0.25, -0.2) is 0 Å². The fourth-order valence-electron chi connectivity index (χ4n) is 11.3. The van der Waals surface area contributed by atoms with Crippen molar-refractivity contribution in [2.24, 2.45) is 17.8 Å². The van der Waals surface area contributed by atoms with Crippen LogP contribution >= 0.6 is 0 Å². The number of hydrogen-bond donors (Lipinski definition) is 13. The van der Waals surface area contributed by atoms with Gasteiger partial charge in [0, 0.05) is 38.1 Å². The van der Waals surface area contributed by atoms with Crippen molar-refractivity contribution in [1.82, 2.24) is 9.80 Å². The highest BCUT2D eigenvalue weighted by molar-refractivity contribution is 5.73. The molecule has 5 aliphatic heterocycles. The van der Waals surface area contributed by atoms with Gasteiger partial charge in [-0.2, -0.15) is 0 Å². The van der Waals surface area contributed by atoms with E-state index in [9.17, 15) is 66.1 Å². The Balaban J connectivity index is 0.000000438. The Morgan fingerprint density at radius 3 is 1.87 bits per heavy atom. The quantitative estimate of drug-likeness (QED) is 0.0893. The lowest BCUT2D eigenvalue weighted by Crippen LogP contribution is -2.64. The molecule has 5 aliphatic rings. The van der Waals surface area contributed by atoms with Crippen molar-refractivity contribution in [1.29, 1.82) is 0 Å². The van der Waals surface area contributed by atoms with Crippen LogP contribution in [-0.4, -0.2) is 282 Å². The molecule has 5 rings (SSSR count). The van der Waals surface area contributed by atoms with Crippen LogP contribution in [0.3, 0.4) is 0 Å². The van der Waals surface area contributed by atoms with Crippen molar-refractivity contribution in [3.63, 3.8) is 0 Å². The minimum absolute atomic E-state index is 0.133. The molecular weight excluding hydrogens is 997 g/mol. The highest BCUT2D eigenvalue weighted by Crippen LogP contribution is 2.40. The molecule has 5 saturated heterocycles. The topological polar surface area (TPSA) is 370 Å². The maximum Gasteiger partial charge on any atom is 0.311 e. The number of cyclic esters (lactones) is 1. The molecule has 0 aromatic rings. The van der Waals surface area contributed by atoms with E-state index in [1.807, 2.05) is 51.7 Å². The first-order valence-corrected chi connectivity index (χ1v) is 26.2. The Morgan fingerprint density at radius 1 is 0.707 bits per heavy atom. The number of nitrogens with zero attached hydrogens (tertiary/aromatic N) is 2. The molecule has 0 spiro atoms. The number of esters is 1. The zero-order chi connectivity index (χ0) is 57.0. The molecular formula is C50H94N2O23. The van der Waals surface area contributed by atoms with Gasteiger partial charge in [0.25, 0.3) is 0 Å². The number of carbonyl (C=O) groups is 1. The van der Waals surface area contributed by atoms with E-state index >= 15 is 0 Å². The van der Waals surface area contributed by atoms with E-state index in [0.717, 1.165) is 0 Å². The van der Waals surface area contributed by atoms with Crippen LogP contribution in [-0.2, 0) is 47.4 Å². The first-order chi connectivity index (χ1) is 34.7. The molecule has 0 aromatic heterocycles. The van der Waals surface area contributed by atoms with Gasteiger partial charge in [-0.1, -0.05) is 20.8 Å². The Kier molecular flexibility index (Phi) is 24.1. The number of carbonyl (C=O) groups excluding carboxylic acids is 1. The molecule has 0 aliphatic carbocycles. The van der Waals surface area contributed by atoms with E-state index in [2.05, 4.69) is 0 Å². The van der Waals surface area contributed by atoms with Crippen LogP contribution in [0, 0.1) is 17.8 Å². The summed E-state index contributed by atoms with van der Waals surface area (Å²) in [5.41, 5.74) is -4.37. The van der Waals surface area contributed by atoms with E-state index < -0.39 is 171 Å². The third-order valence-electron chi connectivity index (χ3n) is 16.2. The molecule has 13 N–H and O–H groups in total. The molecule has 28 atom stereocenters. The molecule has 5 heterocycles. The number of hydrogen-bond acceptors (Lipinski definition) is 25. The maximum atomic E-state index is 14.2. The Hall–Kier alpha value is -1.45. The van der Waals surface area contributed by atoms with E-state index in [-0.39, 0.29) is 37.3 Å². The largest absolute Gasteiger partial charge is 0.459 e. The van der Waals surface area contributed by atoms with Crippen molar-refractivity contribution in [3.05, 3.63) is 0 Å². The molecule has 0 aromatic carbocycles. The lowest BCUT2D eigenvalue weighted by atomic mass is 9.77. The van der Waals surface area contributed by atoms with Crippen LogP contribution in [0.2, 0.25) is 0 Å². The number of aliphatic hydroxyl groups excluding tert-OH is 11. The summed E-state index contributed by atoms with van der Waals surface area (Å²) in [4.78, 5) is 18.0. The molecule has 75 heavy (non-hydrogen) atoms. The predicted octanol–water partition coefficient (Wildman–Crippen LogP) is -3.50. The molecule has 25 nitrogen and oxygen atoms in total. The number of rotatable bonds is 11. The Bertz CT molecular complexity index is 1740. The van der Waals surface area contributed by atoms with E-state index in [1.165, 1.54) is 14.0 Å². The zero-order valence-electron chi connectivity index (χ0n) is 46.2. The van der Waals surface area contributed by atoms with Crippen LogP contribution in [0.5, 0.6) is 0 Å². The highest BCUT2D eigenvalue weighted by Gasteiger charge is 2.54. The summed E-state index contributed by atoms with van der Waals surface area (Å²) in [6.07, 6.45) is -23.8. The lowest BCUT2D eigenvalue weighted by molar-refractivity contribution is -0.355. The average molecular weight is 1090 g/mol. The zero-order valence-corrected chi connectivity index (χ0v) is 46.2. The molecule has 442 valence electrons. The second kappa shape index (κ2) is 27.3. The van der Waals surface area contributed by atoms with Gasteiger partial charge in [0.1, 0.15) is 78.8 Å². The summed E-state index contributed by atoms with van der Waals surface area (Å²) in [6.45, 7) is 16.7. The van der Waals surface area contributed by atoms with Crippen LogP contribution in [0.1, 0.15) is 94.9 Å². The van der Waals surface area contributed by atoms with Crippen LogP contribution in [0.4, 0.5) is 0 Å². The number of methoxy groups -OCH3 is 1. The fraction of sp³-hybridized carbons (Fsp3) is 0.980. The van der Waals surface area contributed by atoms with Gasteiger partial charge < -0.3 is 119 Å². The third-order valence-corrected chi connectivity index (χ3v) is 16.2. The molecule has 0 saturated carbocycles. The Morgan fingerprint density at radius 2 is 1.31 bits per heavy atom. The summed E-state index contributed by atoms with van der Waals surface area (Å²) in [7, 11) is 7.12. The average Bonchev–Trinajstić information content (AvgIpc) is 3.34. The first-order valence-electron chi connectivity index (χ1n) is 26.2. The summed E-state index contributed by atoms with van der Waals surface area (Å²) < 4.78 is 52.8. The van der Waals surface area contributed by atoms with Gasteiger partial charge in [0.15, 0.2) is 25.2 Å². The normalized spacial score (nSPS) is 50.2. The summed E-state index contributed by atoms with van der Waals surface area (Å²) in [6, 6.07) is -0.808. The molecule has 0 unspecified atom stereocenters. The molecule has 25 heteroatoms. The standard InChI is InChI=1S/C38H72N2O12.C12H22O11/c1-15-27-38(10,46)31(42)24(6)40(13)19-20(2)17-36(8,45)33(52-35-29(41)26(39(11)12)16-21(3)48-35)22(4)30(23(5)34(44)50-27)51-28-18-37(9,47-14)32(43)25(7)49-28;13-1-3-5(15)6(16)9(19)12(22-3)23-10-4(2-14)21-11(20)8(18)7(10)17/h20-33,35,41-43,45-46H,15-19H2,1-14H3;3-20H,1-2H2/t20-,21-,22+,23-,24-,25+,26+,27-,28+,29-,30+,31-,32+,33-,35+,36-,37-,38-;3-,4-,5+,6+,7-,8-,9-,10-,11+,12+/m11/s1. The van der Waals surface area contributed by atoms with Crippen LogP contribution in [0.25, 0.3) is 0 Å². The third kappa shape index (κ3) is 15.3. The van der Waals surface area contributed by atoms with E-state index in [4.69, 9.17) is 47.7 Å². The Labute approximate surface area is 441 Å². The maximum absolute atomic E-state index is 14.2. The molecule has 0 bridgehead atoms. The van der Waals surface area contributed by atoms with Gasteiger partial charge in [-0.15, -0.1) is 0 Å². The SMILES string of the molecule is CC[C@H]1OC(=O)[C@H](C)[C@@H](O[C@H]2C[C@@](C)(OC)[C@@H](O)[C@H](C)O2)[C@H](C)[C@@H](O[C@@H]2O[C@H](C)C[C@H](N(C)C)[C@H]2O)[C@](C)(O)C[C@@H](C)CN(C)[C@H](C)[C@@H](O)[C@]1(C)O.OC[C@H]1O[C@@H](O[C@H]2[C@H](O)[C@@H](O)[C@@H](O)O[C@@H]2CO)[C@H](O)[C@@H](O)[C@H]1O. The van der Waals surface area contributed by atoms with E-state index in [0.29, 0.717) is 13.0 Å². The summed E-state index contributed by atoms with van der Waals surface area (Å²) in [5.74, 6) is -2.58. The highest BCUT2D eigenvalue weighted by atomic mass is 16.7. The van der Waals surface area contributed by atoms with Crippen molar-refractivity contribution in [3.8, 4) is 0 Å². The lowest BCUT2D eigenvalue weighted by Gasteiger charge is -2.48. The number of ether oxygens (including phenoxy) is 9. The van der Waals surface area contributed by atoms with Crippen molar-refractivity contribution in [2.45, 2.75) is 247 Å². The number of aliphatic hydroxyl groups is 13.